The van der Waals surface area contributed by atoms with Gasteiger partial charge in [0.25, 0.3) is 0 Å². The van der Waals surface area contributed by atoms with Crippen molar-refractivity contribution in [1.82, 2.24) is 24.6 Å². The van der Waals surface area contributed by atoms with Gasteiger partial charge in [-0.2, -0.15) is 0 Å². The molecule has 120 valence electrons. The van der Waals surface area contributed by atoms with E-state index in [1.54, 1.807) is 0 Å². The first-order chi connectivity index (χ1) is 9.76. The summed E-state index contributed by atoms with van der Waals surface area (Å²) in [5, 5.41) is 8.27. The van der Waals surface area contributed by atoms with Crippen LogP contribution in [0.15, 0.2) is 0 Å². The van der Waals surface area contributed by atoms with E-state index >= 15 is 0 Å². The van der Waals surface area contributed by atoms with Gasteiger partial charge in [-0.25, -0.2) is 8.42 Å². The van der Waals surface area contributed by atoms with Gasteiger partial charge in [0.05, 0.1) is 12.3 Å². The van der Waals surface area contributed by atoms with Gasteiger partial charge in [-0.3, -0.25) is 4.90 Å². The Balaban J connectivity index is 1.85. The molecule has 0 unspecified atom stereocenters. The van der Waals surface area contributed by atoms with Gasteiger partial charge in [0.2, 0.25) is 0 Å². The zero-order valence-electron chi connectivity index (χ0n) is 13.3. The fourth-order valence-corrected chi connectivity index (χ4v) is 3.20. The number of nitrogens with zero attached hydrogens (tertiary/aromatic N) is 5. The number of rotatable bonds is 6. The van der Waals surface area contributed by atoms with Crippen molar-refractivity contribution in [2.75, 3.05) is 38.7 Å². The average Bonchev–Trinajstić information content (AvgIpc) is 2.98. The molecule has 1 aromatic rings. The Morgan fingerprint density at radius 3 is 2.67 bits per heavy atom. The van der Waals surface area contributed by atoms with E-state index in [0.717, 1.165) is 37.7 Å². The van der Waals surface area contributed by atoms with Crippen LogP contribution in [0.2, 0.25) is 0 Å². The van der Waals surface area contributed by atoms with Gasteiger partial charge in [-0.1, -0.05) is 0 Å². The first-order valence-electron chi connectivity index (χ1n) is 7.21. The van der Waals surface area contributed by atoms with Crippen molar-refractivity contribution in [2.45, 2.75) is 25.9 Å². The highest BCUT2D eigenvalue weighted by molar-refractivity contribution is 7.90. The van der Waals surface area contributed by atoms with Crippen molar-refractivity contribution >= 4 is 9.84 Å². The first-order valence-corrected chi connectivity index (χ1v) is 9.27. The minimum absolute atomic E-state index is 0.242. The maximum absolute atomic E-state index is 11.2. The zero-order chi connectivity index (χ0) is 15.6. The summed E-state index contributed by atoms with van der Waals surface area (Å²) in [7, 11) is 1.19. The molecule has 1 fully saturated rings. The van der Waals surface area contributed by atoms with E-state index in [-0.39, 0.29) is 5.75 Å². The Morgan fingerprint density at radius 2 is 2.10 bits per heavy atom. The minimum Gasteiger partial charge on any atom is -0.317 e. The molecule has 0 amide bonds. The van der Waals surface area contributed by atoms with Crippen molar-refractivity contribution in [3.05, 3.63) is 11.6 Å². The van der Waals surface area contributed by atoms with E-state index in [0.29, 0.717) is 12.6 Å². The molecule has 0 aromatic carbocycles. The van der Waals surface area contributed by atoms with E-state index < -0.39 is 9.84 Å². The van der Waals surface area contributed by atoms with Crippen LogP contribution in [-0.4, -0.2) is 77.7 Å². The highest BCUT2D eigenvalue weighted by Crippen LogP contribution is 2.16. The summed E-state index contributed by atoms with van der Waals surface area (Å²) < 4.78 is 24.5. The van der Waals surface area contributed by atoms with Crippen LogP contribution in [0.1, 0.15) is 18.1 Å². The summed E-state index contributed by atoms with van der Waals surface area (Å²) in [6.45, 7) is 5.22. The Kier molecular flexibility index (Phi) is 5.00. The molecule has 1 aliphatic rings. The molecule has 0 saturated carbocycles. The van der Waals surface area contributed by atoms with E-state index in [4.69, 9.17) is 0 Å². The lowest BCUT2D eigenvalue weighted by Gasteiger charge is -2.24. The predicted molar refractivity (Wildman–Crippen MR) is 81.8 cm³/mol. The van der Waals surface area contributed by atoms with Crippen molar-refractivity contribution in [3.8, 4) is 0 Å². The maximum atomic E-state index is 11.2. The number of likely N-dealkylation sites (N-methyl/N-ethyl adjacent to an activating group) is 1. The quantitative estimate of drug-likeness (QED) is 0.716. The molecular weight excluding hydrogens is 290 g/mol. The molecule has 21 heavy (non-hydrogen) atoms. The molecule has 0 aliphatic carbocycles. The fourth-order valence-electron chi connectivity index (χ4n) is 2.61. The third-order valence-corrected chi connectivity index (χ3v) is 5.15. The van der Waals surface area contributed by atoms with Crippen LogP contribution in [0.25, 0.3) is 0 Å². The van der Waals surface area contributed by atoms with Crippen molar-refractivity contribution in [1.29, 1.82) is 0 Å². The third kappa shape index (κ3) is 4.49. The molecule has 0 radical (unpaired) electrons. The standard InChI is InChI=1S/C13H25N5O2S/c1-11-14-15-13(17(11)3)10-16(2)12-5-6-18(9-12)7-8-21(4,19)20/h12H,5-10H2,1-4H3/t12-/m1/s1. The molecule has 8 heteroatoms. The topological polar surface area (TPSA) is 71.3 Å². The number of aryl methyl sites for hydroxylation is 1. The van der Waals surface area contributed by atoms with Gasteiger partial charge in [0, 0.05) is 32.4 Å². The van der Waals surface area contributed by atoms with Crippen LogP contribution in [0.3, 0.4) is 0 Å². The van der Waals surface area contributed by atoms with E-state index in [9.17, 15) is 8.42 Å². The molecule has 0 N–H and O–H groups in total. The second-order valence-corrected chi connectivity index (χ2v) is 8.27. The molecule has 1 aliphatic heterocycles. The molecular formula is C13H25N5O2S. The van der Waals surface area contributed by atoms with Crippen LogP contribution < -0.4 is 0 Å². The van der Waals surface area contributed by atoms with E-state index in [1.807, 2.05) is 18.5 Å². The van der Waals surface area contributed by atoms with Gasteiger partial charge in [0.1, 0.15) is 21.5 Å². The smallest absolute Gasteiger partial charge is 0.148 e. The van der Waals surface area contributed by atoms with E-state index in [1.165, 1.54) is 6.26 Å². The monoisotopic (exact) mass is 315 g/mol. The van der Waals surface area contributed by atoms with Crippen LogP contribution >= 0.6 is 0 Å². The number of sulfone groups is 1. The van der Waals surface area contributed by atoms with Crippen molar-refractivity contribution in [2.24, 2.45) is 7.05 Å². The van der Waals surface area contributed by atoms with Crippen LogP contribution in [0.5, 0.6) is 0 Å². The second kappa shape index (κ2) is 6.41. The Labute approximate surface area is 126 Å². The lowest BCUT2D eigenvalue weighted by Crippen LogP contribution is -2.36. The molecule has 0 bridgehead atoms. The second-order valence-electron chi connectivity index (χ2n) is 6.01. The molecule has 1 atom stereocenters. The van der Waals surface area contributed by atoms with Gasteiger partial charge in [0.15, 0.2) is 0 Å². The summed E-state index contributed by atoms with van der Waals surface area (Å²) in [5.74, 6) is 2.12. The lowest BCUT2D eigenvalue weighted by molar-refractivity contribution is 0.221. The van der Waals surface area contributed by atoms with Crippen LogP contribution in [0.4, 0.5) is 0 Å². The van der Waals surface area contributed by atoms with Crippen molar-refractivity contribution < 1.29 is 8.42 Å². The summed E-state index contributed by atoms with van der Waals surface area (Å²) >= 11 is 0. The zero-order valence-corrected chi connectivity index (χ0v) is 14.1. The molecule has 2 heterocycles. The summed E-state index contributed by atoms with van der Waals surface area (Å²) in [6.07, 6.45) is 2.36. The number of hydrogen-bond acceptors (Lipinski definition) is 6. The summed E-state index contributed by atoms with van der Waals surface area (Å²) in [5.41, 5.74) is 0. The van der Waals surface area contributed by atoms with E-state index in [2.05, 4.69) is 27.0 Å². The van der Waals surface area contributed by atoms with Gasteiger partial charge >= 0.3 is 0 Å². The normalized spacial score (nSPS) is 20.5. The SMILES string of the molecule is Cc1nnc(CN(C)[C@@H]2CCN(CCS(C)(=O)=O)C2)n1C. The largest absolute Gasteiger partial charge is 0.317 e. The predicted octanol–water partition coefficient (Wildman–Crippen LogP) is -0.326. The molecule has 0 spiro atoms. The number of aromatic nitrogens is 3. The fraction of sp³-hybridized carbons (Fsp3) is 0.846. The highest BCUT2D eigenvalue weighted by atomic mass is 32.2. The Morgan fingerprint density at radius 1 is 1.38 bits per heavy atom. The number of hydrogen-bond donors (Lipinski definition) is 0. The van der Waals surface area contributed by atoms with Gasteiger partial charge < -0.3 is 9.47 Å². The van der Waals surface area contributed by atoms with Crippen LogP contribution in [-0.2, 0) is 23.4 Å². The Hall–Kier alpha value is -0.990. The first kappa shape index (κ1) is 16.4. The van der Waals surface area contributed by atoms with Crippen LogP contribution in [0, 0.1) is 6.92 Å². The summed E-state index contributed by atoms with van der Waals surface area (Å²) in [4.78, 5) is 4.51. The minimum atomic E-state index is -2.88. The average molecular weight is 315 g/mol. The van der Waals surface area contributed by atoms with Gasteiger partial charge in [-0.05, 0) is 26.9 Å². The maximum Gasteiger partial charge on any atom is 0.148 e. The number of likely N-dealkylation sites (tertiary alicyclic amines) is 1. The molecule has 2 rings (SSSR count). The van der Waals surface area contributed by atoms with Crippen molar-refractivity contribution in [3.63, 3.8) is 0 Å². The molecule has 7 nitrogen and oxygen atoms in total. The molecule has 1 aromatic heterocycles. The third-order valence-electron chi connectivity index (χ3n) is 4.22. The highest BCUT2D eigenvalue weighted by Gasteiger charge is 2.26. The Bertz CT molecular complexity index is 583. The van der Waals surface area contributed by atoms with Gasteiger partial charge in [-0.15, -0.1) is 10.2 Å². The summed E-state index contributed by atoms with van der Waals surface area (Å²) in [6, 6.07) is 0.446. The lowest BCUT2D eigenvalue weighted by atomic mass is 10.2. The molecule has 1 saturated heterocycles.